The number of hydrogen-bond acceptors (Lipinski definition) is 6. The van der Waals surface area contributed by atoms with E-state index in [0.29, 0.717) is 12.6 Å². The number of anilines is 1. The molecule has 1 aliphatic carbocycles. The van der Waals surface area contributed by atoms with Gasteiger partial charge in [0, 0.05) is 37.4 Å². The summed E-state index contributed by atoms with van der Waals surface area (Å²) in [4.78, 5) is 11.9. The Bertz CT molecular complexity index is 935. The molecule has 6 heteroatoms. The number of nitrogens with zero attached hydrogens (tertiary/aromatic N) is 3. The Balaban J connectivity index is 1.50. The smallest absolute Gasteiger partial charge is 0.161 e. The van der Waals surface area contributed by atoms with E-state index in [2.05, 4.69) is 61.1 Å². The van der Waals surface area contributed by atoms with Crippen molar-refractivity contribution in [2.45, 2.75) is 76.4 Å². The number of aliphatic hydroxyl groups is 2. The maximum Gasteiger partial charge on any atom is 0.161 e. The van der Waals surface area contributed by atoms with Crippen molar-refractivity contribution < 1.29 is 10.2 Å². The van der Waals surface area contributed by atoms with Crippen LogP contribution in [0.15, 0.2) is 30.5 Å². The van der Waals surface area contributed by atoms with E-state index in [-0.39, 0.29) is 17.4 Å². The van der Waals surface area contributed by atoms with Crippen molar-refractivity contribution in [2.24, 2.45) is 0 Å². The van der Waals surface area contributed by atoms with Crippen molar-refractivity contribution in [3.8, 4) is 11.4 Å². The molecule has 3 N–H and O–H groups in total. The van der Waals surface area contributed by atoms with E-state index in [4.69, 9.17) is 10.1 Å². The summed E-state index contributed by atoms with van der Waals surface area (Å²) in [5, 5.41) is 21.9. The first kappa shape index (κ1) is 23.1. The van der Waals surface area contributed by atoms with Crippen molar-refractivity contribution in [1.29, 1.82) is 0 Å². The maximum absolute atomic E-state index is 9.55. The summed E-state index contributed by atoms with van der Waals surface area (Å²) in [6.07, 6.45) is 5.55. The molecule has 4 rings (SSSR count). The van der Waals surface area contributed by atoms with Crippen LogP contribution in [0.4, 0.5) is 5.82 Å². The summed E-state index contributed by atoms with van der Waals surface area (Å²) < 4.78 is 0. The van der Waals surface area contributed by atoms with Gasteiger partial charge >= 0.3 is 0 Å². The lowest BCUT2D eigenvalue weighted by Crippen LogP contribution is -2.45. The maximum atomic E-state index is 9.55. The zero-order valence-corrected chi connectivity index (χ0v) is 19.9. The van der Waals surface area contributed by atoms with Gasteiger partial charge in [-0.15, -0.1) is 0 Å². The molecule has 6 nitrogen and oxygen atoms in total. The van der Waals surface area contributed by atoms with Gasteiger partial charge in [0.2, 0.25) is 0 Å². The van der Waals surface area contributed by atoms with E-state index in [0.717, 1.165) is 43.1 Å². The van der Waals surface area contributed by atoms with Gasteiger partial charge in [-0.25, -0.2) is 9.97 Å². The van der Waals surface area contributed by atoms with E-state index >= 15 is 0 Å². The first-order valence-electron chi connectivity index (χ1n) is 12.0. The van der Waals surface area contributed by atoms with E-state index in [9.17, 15) is 5.11 Å². The second-order valence-corrected chi connectivity index (χ2v) is 10.8. The molecule has 0 amide bonds. The van der Waals surface area contributed by atoms with Crippen LogP contribution in [-0.2, 0) is 10.8 Å². The number of fused-ring (bicyclic) bond motifs is 1. The largest absolute Gasteiger partial charge is 0.394 e. The highest BCUT2D eigenvalue weighted by Gasteiger charge is 2.37. The Morgan fingerprint density at radius 3 is 2.44 bits per heavy atom. The monoisotopic (exact) mass is 438 g/mol. The van der Waals surface area contributed by atoms with E-state index in [1.165, 1.54) is 24.0 Å². The minimum absolute atomic E-state index is 0.164. The van der Waals surface area contributed by atoms with Crippen LogP contribution < -0.4 is 10.2 Å². The topological polar surface area (TPSA) is 81.5 Å². The fourth-order valence-electron chi connectivity index (χ4n) is 5.07. The molecule has 1 aromatic heterocycles. The van der Waals surface area contributed by atoms with Crippen LogP contribution in [0, 0.1) is 0 Å². The van der Waals surface area contributed by atoms with Gasteiger partial charge in [0.25, 0.3) is 0 Å². The predicted octanol–water partition coefficient (Wildman–Crippen LogP) is 3.40. The number of nitrogens with one attached hydrogen (secondary N) is 1. The molecule has 0 unspecified atom stereocenters. The molecule has 2 heterocycles. The Kier molecular flexibility index (Phi) is 6.57. The lowest BCUT2D eigenvalue weighted by molar-refractivity contribution is 0.0909. The van der Waals surface area contributed by atoms with Crippen molar-refractivity contribution in [1.82, 2.24) is 15.3 Å². The summed E-state index contributed by atoms with van der Waals surface area (Å²) in [7, 11) is 0. The first-order chi connectivity index (χ1) is 15.2. The standard InChI is InChI=1S/C26H38N4O2/c1-25(2)10-11-26(3,4)22-15-18(5-6-21(22)25)24-27-12-7-23(29-24)30-13-8-19(9-14-30)28-16-20(32)17-31/h5-7,12,15,19-20,28,31-32H,8-11,13-14,16-17H2,1-4H3/t20-/m1/s1. The zero-order valence-electron chi connectivity index (χ0n) is 19.9. The molecule has 0 radical (unpaired) electrons. The second kappa shape index (κ2) is 9.08. The Labute approximate surface area is 192 Å². The summed E-state index contributed by atoms with van der Waals surface area (Å²) in [5.41, 5.74) is 4.34. The van der Waals surface area contributed by atoms with Crippen LogP contribution in [0.5, 0.6) is 0 Å². The summed E-state index contributed by atoms with van der Waals surface area (Å²) in [6.45, 7) is 11.4. The van der Waals surface area contributed by atoms with Gasteiger partial charge in [-0.2, -0.15) is 0 Å². The minimum atomic E-state index is -0.690. The Hall–Kier alpha value is -2.02. The lowest BCUT2D eigenvalue weighted by Gasteiger charge is -2.42. The van der Waals surface area contributed by atoms with Crippen LogP contribution >= 0.6 is 0 Å². The molecule has 1 aromatic carbocycles. The third-order valence-electron chi connectivity index (χ3n) is 7.42. The highest BCUT2D eigenvalue weighted by Crippen LogP contribution is 2.46. The molecule has 32 heavy (non-hydrogen) atoms. The average molecular weight is 439 g/mol. The molecule has 1 atom stereocenters. The normalized spacial score (nSPS) is 21.2. The van der Waals surface area contributed by atoms with E-state index < -0.39 is 6.10 Å². The molecule has 1 aliphatic heterocycles. The molecule has 174 valence electrons. The van der Waals surface area contributed by atoms with Crippen molar-refractivity contribution >= 4 is 5.82 Å². The van der Waals surface area contributed by atoms with Crippen LogP contribution in [0.3, 0.4) is 0 Å². The van der Waals surface area contributed by atoms with E-state index in [1.807, 2.05) is 12.3 Å². The SMILES string of the molecule is CC1(C)CCC(C)(C)c2cc(-c3nccc(N4CCC(NC[C@@H](O)CO)CC4)n3)ccc21. The highest BCUT2D eigenvalue weighted by molar-refractivity contribution is 5.61. The number of rotatable bonds is 6. The first-order valence-corrected chi connectivity index (χ1v) is 12.0. The van der Waals surface area contributed by atoms with Gasteiger partial charge in [-0.3, -0.25) is 0 Å². The molecule has 1 fully saturated rings. The number of aliphatic hydroxyl groups excluding tert-OH is 2. The minimum Gasteiger partial charge on any atom is -0.394 e. The molecule has 1 saturated heterocycles. The Morgan fingerprint density at radius 2 is 1.75 bits per heavy atom. The molecule has 0 spiro atoms. The molecular formula is C26H38N4O2. The highest BCUT2D eigenvalue weighted by atomic mass is 16.3. The predicted molar refractivity (Wildman–Crippen MR) is 129 cm³/mol. The van der Waals surface area contributed by atoms with Gasteiger partial charge in [-0.05, 0) is 59.8 Å². The molecule has 2 aliphatic rings. The van der Waals surface area contributed by atoms with Gasteiger partial charge in [-0.1, -0.05) is 39.8 Å². The summed E-state index contributed by atoms with van der Waals surface area (Å²) in [6, 6.07) is 9.15. The number of benzene rings is 1. The number of hydrogen-bond donors (Lipinski definition) is 3. The van der Waals surface area contributed by atoms with Crippen molar-refractivity contribution in [3.63, 3.8) is 0 Å². The quantitative estimate of drug-likeness (QED) is 0.641. The van der Waals surface area contributed by atoms with Crippen molar-refractivity contribution in [2.75, 3.05) is 31.1 Å². The molecule has 0 saturated carbocycles. The van der Waals surface area contributed by atoms with E-state index in [1.54, 1.807) is 0 Å². The van der Waals surface area contributed by atoms with Gasteiger partial charge < -0.3 is 20.4 Å². The number of piperidine rings is 1. The average Bonchev–Trinajstić information content (AvgIpc) is 2.81. The third kappa shape index (κ3) is 4.82. The summed E-state index contributed by atoms with van der Waals surface area (Å²) in [5.74, 6) is 1.76. The fourth-order valence-corrected chi connectivity index (χ4v) is 5.07. The molecule has 2 aromatic rings. The van der Waals surface area contributed by atoms with Gasteiger partial charge in [0.15, 0.2) is 5.82 Å². The van der Waals surface area contributed by atoms with Crippen LogP contribution in [-0.4, -0.2) is 58.6 Å². The number of aromatic nitrogens is 2. The van der Waals surface area contributed by atoms with Crippen LogP contribution in [0.1, 0.15) is 64.5 Å². The fraction of sp³-hybridized carbons (Fsp3) is 0.615. The third-order valence-corrected chi connectivity index (χ3v) is 7.42. The summed E-state index contributed by atoms with van der Waals surface area (Å²) >= 11 is 0. The van der Waals surface area contributed by atoms with Crippen LogP contribution in [0.25, 0.3) is 11.4 Å². The van der Waals surface area contributed by atoms with Crippen molar-refractivity contribution in [3.05, 3.63) is 41.6 Å². The van der Waals surface area contributed by atoms with Gasteiger partial charge in [0.1, 0.15) is 5.82 Å². The lowest BCUT2D eigenvalue weighted by atomic mass is 9.63. The van der Waals surface area contributed by atoms with Crippen LogP contribution in [0.2, 0.25) is 0 Å². The zero-order chi connectivity index (χ0) is 22.9. The Morgan fingerprint density at radius 1 is 1.06 bits per heavy atom. The molecular weight excluding hydrogens is 400 g/mol. The molecule has 0 bridgehead atoms. The van der Waals surface area contributed by atoms with Gasteiger partial charge in [0.05, 0.1) is 12.7 Å². The second-order valence-electron chi connectivity index (χ2n) is 10.8.